The second kappa shape index (κ2) is 5.72. The van der Waals surface area contributed by atoms with E-state index < -0.39 is 5.60 Å². The van der Waals surface area contributed by atoms with Gasteiger partial charge in [0.15, 0.2) is 0 Å². The molecule has 0 radical (unpaired) electrons. The van der Waals surface area contributed by atoms with Crippen molar-refractivity contribution in [3.05, 3.63) is 0 Å². The molecule has 1 fully saturated rings. The predicted molar refractivity (Wildman–Crippen MR) is 70.4 cm³/mol. The summed E-state index contributed by atoms with van der Waals surface area (Å²) in [6.45, 7) is 10.7. The van der Waals surface area contributed by atoms with Gasteiger partial charge in [0.05, 0.1) is 0 Å². The number of amides is 1. The molecule has 0 aliphatic carbocycles. The Morgan fingerprint density at radius 1 is 1.44 bits per heavy atom. The minimum Gasteiger partial charge on any atom is -0.444 e. The van der Waals surface area contributed by atoms with Crippen LogP contribution in [0.15, 0.2) is 0 Å². The minimum atomic E-state index is -0.480. The van der Waals surface area contributed by atoms with E-state index in [1.807, 2.05) is 20.8 Å². The molecular weight excluding hydrogens is 230 g/mol. The number of ether oxygens (including phenoxy) is 1. The Morgan fingerprint density at radius 3 is 2.56 bits per heavy atom. The zero-order chi connectivity index (χ0) is 13.9. The molecular formula is C14H25NO3. The molecule has 1 rings (SSSR count). The van der Waals surface area contributed by atoms with Crippen LogP contribution in [0, 0.1) is 11.8 Å². The van der Waals surface area contributed by atoms with Gasteiger partial charge in [0.25, 0.3) is 0 Å². The minimum absolute atomic E-state index is 0.0220. The summed E-state index contributed by atoms with van der Waals surface area (Å²) >= 11 is 0. The van der Waals surface area contributed by atoms with Crippen LogP contribution in [-0.2, 0) is 9.53 Å². The molecule has 0 aromatic heterocycles. The van der Waals surface area contributed by atoms with Crippen LogP contribution in [0.4, 0.5) is 4.79 Å². The van der Waals surface area contributed by atoms with Crippen LogP contribution in [-0.4, -0.2) is 35.5 Å². The molecule has 4 nitrogen and oxygen atoms in total. The highest BCUT2D eigenvalue weighted by molar-refractivity contribution is 5.84. The molecule has 1 heterocycles. The molecule has 0 aromatic rings. The van der Waals surface area contributed by atoms with E-state index in [9.17, 15) is 9.59 Å². The molecule has 0 N–H and O–H groups in total. The molecule has 1 aliphatic heterocycles. The van der Waals surface area contributed by atoms with Crippen molar-refractivity contribution in [2.75, 3.05) is 13.1 Å². The van der Waals surface area contributed by atoms with Crippen molar-refractivity contribution in [1.29, 1.82) is 0 Å². The molecule has 1 amide bonds. The van der Waals surface area contributed by atoms with Crippen LogP contribution in [0.1, 0.15) is 47.5 Å². The quantitative estimate of drug-likeness (QED) is 0.762. The Balaban J connectivity index is 2.58. The Morgan fingerprint density at radius 2 is 2.06 bits per heavy atom. The van der Waals surface area contributed by atoms with Crippen LogP contribution < -0.4 is 0 Å². The molecule has 1 saturated heterocycles. The highest BCUT2D eigenvalue weighted by Crippen LogP contribution is 2.22. The van der Waals surface area contributed by atoms with Crippen LogP contribution in [0.2, 0.25) is 0 Å². The van der Waals surface area contributed by atoms with Crippen molar-refractivity contribution in [2.45, 2.75) is 53.1 Å². The molecule has 4 heteroatoms. The molecule has 0 saturated carbocycles. The summed E-state index contributed by atoms with van der Waals surface area (Å²) in [4.78, 5) is 25.4. The second-order valence-corrected chi connectivity index (χ2v) is 6.47. The van der Waals surface area contributed by atoms with Gasteiger partial charge in [-0.1, -0.05) is 13.8 Å². The van der Waals surface area contributed by atoms with Gasteiger partial charge in [0.2, 0.25) is 0 Å². The monoisotopic (exact) mass is 255 g/mol. The number of rotatable bonds is 2. The number of Topliss-reactive ketones (excluding diaryl/α,β-unsaturated/α-hetero) is 1. The van der Waals surface area contributed by atoms with E-state index in [1.165, 1.54) is 0 Å². The third-order valence-electron chi connectivity index (χ3n) is 2.93. The van der Waals surface area contributed by atoms with E-state index in [4.69, 9.17) is 4.74 Å². The van der Waals surface area contributed by atoms with Crippen molar-refractivity contribution >= 4 is 11.9 Å². The normalized spacial score (nSPS) is 21.3. The van der Waals surface area contributed by atoms with E-state index in [0.717, 1.165) is 6.42 Å². The Kier molecular flexibility index (Phi) is 4.77. The van der Waals surface area contributed by atoms with Gasteiger partial charge in [0.1, 0.15) is 11.4 Å². The van der Waals surface area contributed by atoms with Gasteiger partial charge in [-0.2, -0.15) is 0 Å². The number of hydrogen-bond donors (Lipinski definition) is 0. The molecule has 1 unspecified atom stereocenters. The zero-order valence-corrected chi connectivity index (χ0v) is 12.2. The van der Waals surface area contributed by atoms with Crippen LogP contribution in [0.25, 0.3) is 0 Å². The molecule has 104 valence electrons. The largest absolute Gasteiger partial charge is 0.444 e. The topological polar surface area (TPSA) is 46.6 Å². The Hall–Kier alpha value is -1.06. The number of nitrogens with zero attached hydrogens (tertiary/aromatic N) is 1. The number of piperidine rings is 1. The number of ketones is 1. The number of carbonyl (C=O) groups is 2. The lowest BCUT2D eigenvalue weighted by molar-refractivity contribution is -0.126. The first-order valence-corrected chi connectivity index (χ1v) is 6.69. The highest BCUT2D eigenvalue weighted by atomic mass is 16.6. The van der Waals surface area contributed by atoms with Crippen molar-refractivity contribution in [3.63, 3.8) is 0 Å². The van der Waals surface area contributed by atoms with E-state index >= 15 is 0 Å². The first kappa shape index (κ1) is 15.0. The second-order valence-electron chi connectivity index (χ2n) is 6.47. The lowest BCUT2D eigenvalue weighted by Gasteiger charge is -2.33. The maximum atomic E-state index is 11.9. The van der Waals surface area contributed by atoms with Crippen molar-refractivity contribution in [2.24, 2.45) is 11.8 Å². The fourth-order valence-electron chi connectivity index (χ4n) is 2.18. The van der Waals surface area contributed by atoms with Crippen LogP contribution in [0.5, 0.6) is 0 Å². The smallest absolute Gasteiger partial charge is 0.410 e. The van der Waals surface area contributed by atoms with Crippen molar-refractivity contribution in [3.8, 4) is 0 Å². The van der Waals surface area contributed by atoms with E-state index in [1.54, 1.807) is 4.90 Å². The van der Waals surface area contributed by atoms with Gasteiger partial charge in [0, 0.05) is 25.4 Å². The number of likely N-dealkylation sites (tertiary alicyclic amines) is 1. The summed E-state index contributed by atoms with van der Waals surface area (Å²) in [5.41, 5.74) is -0.480. The Bertz CT molecular complexity index is 317. The summed E-state index contributed by atoms with van der Waals surface area (Å²) in [5, 5.41) is 0. The van der Waals surface area contributed by atoms with E-state index in [2.05, 4.69) is 13.8 Å². The molecule has 1 aliphatic rings. The lowest BCUT2D eigenvalue weighted by Crippen LogP contribution is -2.46. The molecule has 1 atom stereocenters. The van der Waals surface area contributed by atoms with Gasteiger partial charge < -0.3 is 9.64 Å². The van der Waals surface area contributed by atoms with Crippen LogP contribution >= 0.6 is 0 Å². The SMILES string of the molecule is CC(C)CC1CN(C(=O)OC(C)(C)C)CCC1=O. The highest BCUT2D eigenvalue weighted by Gasteiger charge is 2.32. The van der Waals surface area contributed by atoms with Gasteiger partial charge in [-0.05, 0) is 33.1 Å². The first-order valence-electron chi connectivity index (χ1n) is 6.69. The molecule has 0 aromatic carbocycles. The Labute approximate surface area is 110 Å². The van der Waals surface area contributed by atoms with E-state index in [-0.39, 0.29) is 17.8 Å². The maximum absolute atomic E-state index is 11.9. The zero-order valence-electron chi connectivity index (χ0n) is 12.2. The third kappa shape index (κ3) is 4.67. The maximum Gasteiger partial charge on any atom is 0.410 e. The molecule has 18 heavy (non-hydrogen) atoms. The average molecular weight is 255 g/mol. The number of carbonyl (C=O) groups excluding carboxylic acids is 2. The summed E-state index contributed by atoms with van der Waals surface area (Å²) in [6.07, 6.45) is 0.998. The third-order valence-corrected chi connectivity index (χ3v) is 2.93. The first-order chi connectivity index (χ1) is 8.19. The van der Waals surface area contributed by atoms with Gasteiger partial charge in [-0.25, -0.2) is 4.79 Å². The fraction of sp³-hybridized carbons (Fsp3) is 0.857. The summed E-state index contributed by atoms with van der Waals surface area (Å²) in [5.74, 6) is 0.729. The molecule has 0 spiro atoms. The standard InChI is InChI=1S/C14H25NO3/c1-10(2)8-11-9-15(7-6-12(11)16)13(17)18-14(3,4)5/h10-11H,6-9H2,1-5H3. The fourth-order valence-corrected chi connectivity index (χ4v) is 2.18. The summed E-state index contributed by atoms with van der Waals surface area (Å²) < 4.78 is 5.34. The van der Waals surface area contributed by atoms with E-state index in [0.29, 0.717) is 25.4 Å². The van der Waals surface area contributed by atoms with Gasteiger partial charge in [-0.3, -0.25) is 4.79 Å². The van der Waals surface area contributed by atoms with Gasteiger partial charge in [-0.15, -0.1) is 0 Å². The predicted octanol–water partition coefficient (Wildman–Crippen LogP) is 2.86. The van der Waals surface area contributed by atoms with Gasteiger partial charge >= 0.3 is 6.09 Å². The van der Waals surface area contributed by atoms with Crippen LogP contribution in [0.3, 0.4) is 0 Å². The van der Waals surface area contributed by atoms with Crippen molar-refractivity contribution in [1.82, 2.24) is 4.90 Å². The number of hydrogen-bond acceptors (Lipinski definition) is 3. The molecule has 0 bridgehead atoms. The average Bonchev–Trinajstić information content (AvgIpc) is 2.17. The summed E-state index contributed by atoms with van der Waals surface area (Å²) in [7, 11) is 0. The van der Waals surface area contributed by atoms with Crippen molar-refractivity contribution < 1.29 is 14.3 Å². The summed E-state index contributed by atoms with van der Waals surface area (Å²) in [6, 6.07) is 0. The lowest BCUT2D eigenvalue weighted by atomic mass is 9.89.